The molecule has 1 atom stereocenters. The first-order chi connectivity index (χ1) is 15.1. The number of carbonyl (C=O) groups is 1. The maximum atomic E-state index is 13.3. The van der Waals surface area contributed by atoms with Crippen LogP contribution in [0.2, 0.25) is 0 Å². The maximum absolute atomic E-state index is 13.3. The van der Waals surface area contributed by atoms with Crippen molar-refractivity contribution in [2.75, 3.05) is 5.32 Å². The van der Waals surface area contributed by atoms with Crippen molar-refractivity contribution in [2.45, 2.75) is 12.3 Å². The summed E-state index contributed by atoms with van der Waals surface area (Å²) in [6.07, 6.45) is 2.26. The number of nitrogen functional groups attached to an aromatic ring is 1. The van der Waals surface area contributed by atoms with Crippen molar-refractivity contribution < 1.29 is 4.79 Å². The Morgan fingerprint density at radius 3 is 2.42 bits per heavy atom. The number of imidazole rings is 1. The molecule has 6 heteroatoms. The second-order valence-corrected chi connectivity index (χ2v) is 7.27. The van der Waals surface area contributed by atoms with Gasteiger partial charge in [-0.3, -0.25) is 10.2 Å². The molecule has 0 radical (unpaired) electrons. The van der Waals surface area contributed by atoms with Crippen LogP contribution in [0.4, 0.5) is 5.69 Å². The van der Waals surface area contributed by atoms with Crippen LogP contribution >= 0.6 is 0 Å². The smallest absolute Gasteiger partial charge is 0.235 e. The van der Waals surface area contributed by atoms with E-state index in [0.29, 0.717) is 23.5 Å². The largest absolute Gasteiger partial charge is 0.384 e. The molecule has 0 spiro atoms. The molecule has 4 rings (SSSR count). The standard InChI is InChI=1S/C25H23N5O/c26-23(27)19-12-7-13-20(15-19)29-25(31)21(14-17-8-3-1-4-9-17)24-28-16-22(30-24)18-10-5-2-6-11-18/h1-13,15-16,21H,14H2,(H3,26,27)(H,28,30)(H,29,31). The van der Waals surface area contributed by atoms with Crippen molar-refractivity contribution in [2.24, 2.45) is 5.73 Å². The molecular formula is C25H23N5O. The number of amides is 1. The lowest BCUT2D eigenvalue weighted by Crippen LogP contribution is -2.24. The summed E-state index contributed by atoms with van der Waals surface area (Å²) in [4.78, 5) is 21.1. The van der Waals surface area contributed by atoms with Crippen molar-refractivity contribution in [1.29, 1.82) is 5.41 Å². The third-order valence-electron chi connectivity index (χ3n) is 5.05. The molecule has 31 heavy (non-hydrogen) atoms. The molecule has 0 aliphatic heterocycles. The van der Waals surface area contributed by atoms with Gasteiger partial charge in [0.05, 0.1) is 11.9 Å². The molecule has 0 bridgehead atoms. The van der Waals surface area contributed by atoms with Crippen LogP contribution in [0.1, 0.15) is 22.9 Å². The van der Waals surface area contributed by atoms with Crippen LogP contribution in [0.3, 0.4) is 0 Å². The second-order valence-electron chi connectivity index (χ2n) is 7.27. The van der Waals surface area contributed by atoms with Crippen LogP contribution in [0.25, 0.3) is 11.3 Å². The van der Waals surface area contributed by atoms with Gasteiger partial charge in [0.25, 0.3) is 0 Å². The van der Waals surface area contributed by atoms with Crippen molar-refractivity contribution in [3.8, 4) is 11.3 Å². The molecule has 1 unspecified atom stereocenters. The summed E-state index contributed by atoms with van der Waals surface area (Å²) >= 11 is 0. The Labute approximate surface area is 180 Å². The monoisotopic (exact) mass is 409 g/mol. The number of aromatic amines is 1. The molecule has 4 aromatic rings. The van der Waals surface area contributed by atoms with E-state index in [1.807, 2.05) is 60.7 Å². The third-order valence-corrected chi connectivity index (χ3v) is 5.05. The SMILES string of the molecule is N=C(N)c1cccc(NC(=O)C(Cc2ccccc2)c2ncc(-c3ccccc3)[nH]2)c1. The minimum absolute atomic E-state index is 0.0459. The molecule has 5 N–H and O–H groups in total. The van der Waals surface area contributed by atoms with Crippen molar-refractivity contribution in [3.63, 3.8) is 0 Å². The maximum Gasteiger partial charge on any atom is 0.235 e. The lowest BCUT2D eigenvalue weighted by molar-refractivity contribution is -0.117. The lowest BCUT2D eigenvalue weighted by Gasteiger charge is -2.16. The third kappa shape index (κ3) is 4.87. The van der Waals surface area contributed by atoms with E-state index in [0.717, 1.165) is 16.8 Å². The Morgan fingerprint density at radius 2 is 1.71 bits per heavy atom. The fourth-order valence-electron chi connectivity index (χ4n) is 3.44. The highest BCUT2D eigenvalue weighted by molar-refractivity contribution is 5.99. The van der Waals surface area contributed by atoms with Crippen molar-refractivity contribution in [3.05, 3.63) is 108 Å². The Kier molecular flexibility index (Phi) is 5.89. The van der Waals surface area contributed by atoms with Gasteiger partial charge in [0.2, 0.25) is 5.91 Å². The summed E-state index contributed by atoms with van der Waals surface area (Å²) in [7, 11) is 0. The van der Waals surface area contributed by atoms with E-state index in [2.05, 4.69) is 15.3 Å². The molecular weight excluding hydrogens is 386 g/mol. The van der Waals surface area contributed by atoms with Crippen LogP contribution in [-0.4, -0.2) is 21.7 Å². The number of amidine groups is 1. The first-order valence-electron chi connectivity index (χ1n) is 10.00. The lowest BCUT2D eigenvalue weighted by atomic mass is 9.97. The minimum Gasteiger partial charge on any atom is -0.384 e. The molecule has 3 aromatic carbocycles. The fourth-order valence-corrected chi connectivity index (χ4v) is 3.44. The molecule has 6 nitrogen and oxygen atoms in total. The number of benzene rings is 3. The van der Waals surface area contributed by atoms with Crippen molar-refractivity contribution in [1.82, 2.24) is 9.97 Å². The highest BCUT2D eigenvalue weighted by atomic mass is 16.1. The molecule has 0 saturated heterocycles. The fraction of sp³-hybridized carbons (Fsp3) is 0.0800. The molecule has 0 saturated carbocycles. The number of hydrogen-bond donors (Lipinski definition) is 4. The van der Waals surface area contributed by atoms with Gasteiger partial charge in [0.15, 0.2) is 0 Å². The van der Waals surface area contributed by atoms with Gasteiger partial charge in [0.1, 0.15) is 17.6 Å². The quantitative estimate of drug-likeness (QED) is 0.270. The number of nitrogens with two attached hydrogens (primary N) is 1. The number of carbonyl (C=O) groups excluding carboxylic acids is 1. The van der Waals surface area contributed by atoms with E-state index < -0.39 is 5.92 Å². The number of nitrogens with one attached hydrogen (secondary N) is 3. The summed E-state index contributed by atoms with van der Waals surface area (Å²) < 4.78 is 0. The van der Waals surface area contributed by atoms with Gasteiger partial charge in [-0.05, 0) is 29.7 Å². The zero-order valence-corrected chi connectivity index (χ0v) is 16.9. The first kappa shape index (κ1) is 20.1. The number of H-pyrrole nitrogens is 1. The first-order valence-corrected chi connectivity index (χ1v) is 10.00. The average molecular weight is 409 g/mol. The van der Waals surface area contributed by atoms with Crippen LogP contribution in [-0.2, 0) is 11.2 Å². The van der Waals surface area contributed by atoms with E-state index in [4.69, 9.17) is 11.1 Å². The van der Waals surface area contributed by atoms with Gasteiger partial charge in [-0.15, -0.1) is 0 Å². The molecule has 0 aliphatic carbocycles. The van der Waals surface area contributed by atoms with Crippen LogP contribution < -0.4 is 11.1 Å². The van der Waals surface area contributed by atoms with Gasteiger partial charge in [0, 0.05) is 11.3 Å². The number of anilines is 1. The number of nitrogens with zero attached hydrogens (tertiary/aromatic N) is 1. The summed E-state index contributed by atoms with van der Waals surface area (Å²) in [6.45, 7) is 0. The molecule has 1 heterocycles. The van der Waals surface area contributed by atoms with Crippen LogP contribution in [0, 0.1) is 5.41 Å². The average Bonchev–Trinajstić information content (AvgIpc) is 3.29. The summed E-state index contributed by atoms with van der Waals surface area (Å²) in [5, 5.41) is 10.6. The molecule has 1 amide bonds. The molecule has 0 aliphatic rings. The molecule has 0 fully saturated rings. The topological polar surface area (TPSA) is 108 Å². The Balaban J connectivity index is 1.63. The Morgan fingerprint density at radius 1 is 1.00 bits per heavy atom. The number of hydrogen-bond acceptors (Lipinski definition) is 3. The van der Waals surface area contributed by atoms with E-state index >= 15 is 0 Å². The van der Waals surface area contributed by atoms with Crippen LogP contribution in [0.5, 0.6) is 0 Å². The zero-order chi connectivity index (χ0) is 21.6. The summed E-state index contributed by atoms with van der Waals surface area (Å²) in [6, 6.07) is 26.7. The van der Waals surface area contributed by atoms with E-state index in [1.54, 1.807) is 30.5 Å². The zero-order valence-electron chi connectivity index (χ0n) is 16.9. The van der Waals surface area contributed by atoms with Gasteiger partial charge in [-0.2, -0.15) is 0 Å². The number of aromatic nitrogens is 2. The second kappa shape index (κ2) is 9.09. The predicted octanol–water partition coefficient (Wildman–Crippen LogP) is 4.33. The highest BCUT2D eigenvalue weighted by Crippen LogP contribution is 2.24. The van der Waals surface area contributed by atoms with E-state index in [-0.39, 0.29) is 11.7 Å². The van der Waals surface area contributed by atoms with Gasteiger partial charge in [-0.1, -0.05) is 72.8 Å². The summed E-state index contributed by atoms with van der Waals surface area (Å²) in [5.74, 6) is -0.141. The van der Waals surface area contributed by atoms with E-state index in [1.165, 1.54) is 0 Å². The Hall–Kier alpha value is -4.19. The highest BCUT2D eigenvalue weighted by Gasteiger charge is 2.25. The normalized spacial score (nSPS) is 11.6. The predicted molar refractivity (Wildman–Crippen MR) is 123 cm³/mol. The van der Waals surface area contributed by atoms with Crippen LogP contribution in [0.15, 0.2) is 91.1 Å². The minimum atomic E-state index is -0.513. The molecule has 154 valence electrons. The van der Waals surface area contributed by atoms with Crippen molar-refractivity contribution >= 4 is 17.4 Å². The van der Waals surface area contributed by atoms with Gasteiger partial charge in [-0.25, -0.2) is 4.98 Å². The number of rotatable bonds is 7. The van der Waals surface area contributed by atoms with Gasteiger partial charge >= 0.3 is 0 Å². The van der Waals surface area contributed by atoms with Gasteiger partial charge < -0.3 is 16.0 Å². The van der Waals surface area contributed by atoms with E-state index in [9.17, 15) is 4.79 Å². The Bertz CT molecular complexity index is 1180. The molecule has 1 aromatic heterocycles. The summed E-state index contributed by atoms with van der Waals surface area (Å²) in [5.41, 5.74) is 9.64.